The van der Waals surface area contributed by atoms with Crippen molar-refractivity contribution < 1.29 is 27.2 Å². The first-order valence-corrected chi connectivity index (χ1v) is 8.68. The Balaban J connectivity index is 2.02. The van der Waals surface area contributed by atoms with Crippen LogP contribution < -0.4 is 0 Å². The highest BCUT2D eigenvalue weighted by atomic mass is 32.2. The van der Waals surface area contributed by atoms with Crippen LogP contribution >= 0.6 is 0 Å². The molecule has 1 fully saturated rings. The number of rotatable bonds is 6. The summed E-state index contributed by atoms with van der Waals surface area (Å²) >= 11 is 0. The zero-order chi connectivity index (χ0) is 17.3. The van der Waals surface area contributed by atoms with Gasteiger partial charge in [0.05, 0.1) is 11.5 Å². The van der Waals surface area contributed by atoms with Gasteiger partial charge >= 0.3 is 0 Å². The quantitative estimate of drug-likeness (QED) is 0.627. The van der Waals surface area contributed by atoms with Crippen molar-refractivity contribution in [1.29, 1.82) is 0 Å². The minimum atomic E-state index is -3.94. The monoisotopic (exact) mass is 342 g/mol. The van der Waals surface area contributed by atoms with Gasteiger partial charge < -0.3 is 14.6 Å². The van der Waals surface area contributed by atoms with Gasteiger partial charge in [-0.25, -0.2) is 0 Å². The first-order chi connectivity index (χ1) is 10.6. The molecule has 6 nitrogen and oxygen atoms in total. The van der Waals surface area contributed by atoms with Crippen molar-refractivity contribution in [2.45, 2.75) is 49.8 Å². The molecule has 0 aliphatic carbocycles. The zero-order valence-corrected chi connectivity index (χ0v) is 14.2. The molecule has 1 aromatic rings. The normalized spacial score (nSPS) is 25.2. The Morgan fingerprint density at radius 1 is 1.35 bits per heavy atom. The van der Waals surface area contributed by atoms with Crippen LogP contribution in [0.1, 0.15) is 19.4 Å². The van der Waals surface area contributed by atoms with Gasteiger partial charge in [0.25, 0.3) is 10.1 Å². The molecule has 1 heterocycles. The van der Waals surface area contributed by atoms with E-state index in [0.717, 1.165) is 5.56 Å². The topological polar surface area (TPSA) is 82.1 Å². The molecule has 2 rings (SSSR count). The van der Waals surface area contributed by atoms with E-state index >= 15 is 0 Å². The maximum atomic E-state index is 12.1. The van der Waals surface area contributed by atoms with E-state index in [4.69, 9.17) is 13.7 Å². The summed E-state index contributed by atoms with van der Waals surface area (Å²) in [7, 11) is -3.94. The molecular weight excluding hydrogens is 320 g/mol. The van der Waals surface area contributed by atoms with Gasteiger partial charge in [0.2, 0.25) is 0 Å². The fourth-order valence-electron chi connectivity index (χ4n) is 2.32. The lowest BCUT2D eigenvalue weighted by atomic mass is 10.1. The smallest absolute Gasteiger partial charge is 0.297 e. The molecule has 1 aromatic carbocycles. The first kappa shape index (κ1) is 18.1. The summed E-state index contributed by atoms with van der Waals surface area (Å²) in [6, 6.07) is 6.28. The number of aliphatic hydroxyl groups excluding tert-OH is 1. The molecule has 0 amide bonds. The van der Waals surface area contributed by atoms with Crippen molar-refractivity contribution in [3.63, 3.8) is 0 Å². The van der Waals surface area contributed by atoms with Gasteiger partial charge in [-0.3, -0.25) is 4.18 Å². The minimum absolute atomic E-state index is 0.0412. The summed E-state index contributed by atoms with van der Waals surface area (Å²) in [6.07, 6.45) is -0.932. The van der Waals surface area contributed by atoms with Gasteiger partial charge in [0, 0.05) is 0 Å². The second-order valence-electron chi connectivity index (χ2n) is 5.92. The Morgan fingerprint density at radius 3 is 2.52 bits per heavy atom. The van der Waals surface area contributed by atoms with Gasteiger partial charge in [0.1, 0.15) is 18.3 Å². The highest BCUT2D eigenvalue weighted by Crippen LogP contribution is 2.30. The standard InChI is InChI=1S/C16H22O6S/c1-5-14-15(22-16(3,4)21-14)13(17)10-20-23(18,19)12-8-6-11(2)7-9-12/h5-9,13-15,17H,1,10H2,2-4H3. The van der Waals surface area contributed by atoms with Gasteiger partial charge in [0.15, 0.2) is 5.79 Å². The average molecular weight is 342 g/mol. The Hall–Kier alpha value is -1.25. The molecule has 0 radical (unpaired) electrons. The maximum Gasteiger partial charge on any atom is 0.297 e. The molecule has 7 heteroatoms. The van der Waals surface area contributed by atoms with E-state index in [-0.39, 0.29) is 4.90 Å². The third kappa shape index (κ3) is 4.39. The second-order valence-corrected chi connectivity index (χ2v) is 7.53. The number of hydrogen-bond acceptors (Lipinski definition) is 6. The van der Waals surface area contributed by atoms with Crippen LogP contribution in [0.4, 0.5) is 0 Å². The van der Waals surface area contributed by atoms with Crippen molar-refractivity contribution in [3.05, 3.63) is 42.5 Å². The molecule has 1 aliphatic heterocycles. The SMILES string of the molecule is C=CC1OC(C)(C)OC1C(O)COS(=O)(=O)c1ccc(C)cc1. The molecule has 1 aliphatic rings. The minimum Gasteiger partial charge on any atom is -0.388 e. The van der Waals surface area contributed by atoms with Crippen molar-refractivity contribution in [1.82, 2.24) is 0 Å². The molecule has 3 atom stereocenters. The van der Waals surface area contributed by atoms with E-state index in [9.17, 15) is 13.5 Å². The second kappa shape index (κ2) is 6.70. The van der Waals surface area contributed by atoms with Crippen LogP contribution in [-0.2, 0) is 23.8 Å². The zero-order valence-electron chi connectivity index (χ0n) is 13.4. The molecule has 0 bridgehead atoms. The molecule has 0 saturated carbocycles. The fraction of sp³-hybridized carbons (Fsp3) is 0.500. The van der Waals surface area contributed by atoms with Crippen LogP contribution in [0.3, 0.4) is 0 Å². The highest BCUT2D eigenvalue weighted by molar-refractivity contribution is 7.86. The number of aryl methyl sites for hydroxylation is 1. The van der Waals surface area contributed by atoms with Crippen LogP contribution in [0.5, 0.6) is 0 Å². The van der Waals surface area contributed by atoms with Gasteiger partial charge in [-0.15, -0.1) is 6.58 Å². The predicted molar refractivity (Wildman–Crippen MR) is 84.3 cm³/mol. The summed E-state index contributed by atoms with van der Waals surface area (Å²) in [5, 5.41) is 10.2. The van der Waals surface area contributed by atoms with Crippen molar-refractivity contribution >= 4 is 10.1 Å². The van der Waals surface area contributed by atoms with Crippen LogP contribution in [0.2, 0.25) is 0 Å². The molecule has 1 saturated heterocycles. The molecule has 0 spiro atoms. The van der Waals surface area contributed by atoms with E-state index in [1.165, 1.54) is 18.2 Å². The van der Waals surface area contributed by atoms with Crippen molar-refractivity contribution in [2.24, 2.45) is 0 Å². The Labute approximate surface area is 136 Å². The van der Waals surface area contributed by atoms with E-state index in [1.54, 1.807) is 26.0 Å². The first-order valence-electron chi connectivity index (χ1n) is 7.27. The fourth-order valence-corrected chi connectivity index (χ4v) is 3.25. The molecule has 0 aromatic heterocycles. The van der Waals surface area contributed by atoms with Crippen molar-refractivity contribution in [3.8, 4) is 0 Å². The van der Waals surface area contributed by atoms with Gasteiger partial charge in [-0.2, -0.15) is 8.42 Å². The third-order valence-corrected chi connectivity index (χ3v) is 4.77. The van der Waals surface area contributed by atoms with Crippen LogP contribution in [0, 0.1) is 6.92 Å². The lowest BCUT2D eigenvalue weighted by molar-refractivity contribution is -0.155. The molecular formula is C16H22O6S. The maximum absolute atomic E-state index is 12.1. The lowest BCUT2D eigenvalue weighted by Crippen LogP contribution is -2.38. The summed E-state index contributed by atoms with van der Waals surface area (Å²) in [6.45, 7) is 8.48. The summed E-state index contributed by atoms with van der Waals surface area (Å²) in [5.41, 5.74) is 0.941. The number of ether oxygens (including phenoxy) is 2. The Morgan fingerprint density at radius 2 is 1.96 bits per heavy atom. The van der Waals surface area contributed by atoms with E-state index in [1.807, 2.05) is 6.92 Å². The lowest BCUT2D eigenvalue weighted by Gasteiger charge is -2.21. The largest absolute Gasteiger partial charge is 0.388 e. The Bertz CT molecular complexity index is 650. The predicted octanol–water partition coefficient (Wildman–Crippen LogP) is 1.77. The molecule has 23 heavy (non-hydrogen) atoms. The van der Waals surface area contributed by atoms with E-state index in [0.29, 0.717) is 0 Å². The molecule has 1 N–H and O–H groups in total. The summed E-state index contributed by atoms with van der Waals surface area (Å²) in [4.78, 5) is 0.0412. The van der Waals surface area contributed by atoms with Crippen LogP contribution in [0.25, 0.3) is 0 Å². The average Bonchev–Trinajstić information content (AvgIpc) is 2.80. The van der Waals surface area contributed by atoms with Crippen LogP contribution in [0.15, 0.2) is 41.8 Å². The molecule has 128 valence electrons. The molecule has 3 unspecified atom stereocenters. The van der Waals surface area contributed by atoms with Crippen LogP contribution in [-0.4, -0.2) is 44.2 Å². The number of benzene rings is 1. The van der Waals surface area contributed by atoms with E-state index in [2.05, 4.69) is 6.58 Å². The number of aliphatic hydroxyl groups is 1. The Kier molecular flexibility index (Phi) is 5.27. The number of hydrogen-bond donors (Lipinski definition) is 1. The van der Waals surface area contributed by atoms with E-state index < -0.39 is 40.8 Å². The summed E-state index contributed by atoms with van der Waals surface area (Å²) < 4.78 is 40.3. The van der Waals surface area contributed by atoms with Crippen molar-refractivity contribution in [2.75, 3.05) is 6.61 Å². The summed E-state index contributed by atoms with van der Waals surface area (Å²) in [5.74, 6) is -0.875. The van der Waals surface area contributed by atoms with Gasteiger partial charge in [-0.05, 0) is 32.9 Å². The third-order valence-electron chi connectivity index (χ3n) is 3.48. The highest BCUT2D eigenvalue weighted by Gasteiger charge is 2.43. The van der Waals surface area contributed by atoms with Gasteiger partial charge in [-0.1, -0.05) is 23.8 Å².